The van der Waals surface area contributed by atoms with Crippen LogP contribution in [0, 0.1) is 5.82 Å². The smallest absolute Gasteiger partial charge is 0.303 e. The van der Waals surface area contributed by atoms with Crippen molar-refractivity contribution in [2.75, 3.05) is 0 Å². The number of benzene rings is 1. The number of halogens is 5. The van der Waals surface area contributed by atoms with E-state index in [0.717, 1.165) is 19.1 Å². The average molecular weight is 485 g/mol. The van der Waals surface area contributed by atoms with Crippen LogP contribution in [0.25, 0.3) is 28.7 Å². The highest BCUT2D eigenvalue weighted by Gasteiger charge is 2.26. The van der Waals surface area contributed by atoms with Crippen molar-refractivity contribution in [1.29, 1.82) is 0 Å². The van der Waals surface area contributed by atoms with Gasteiger partial charge in [0.15, 0.2) is 5.65 Å². The van der Waals surface area contributed by atoms with Gasteiger partial charge in [0.2, 0.25) is 5.89 Å². The predicted molar refractivity (Wildman–Crippen MR) is 109 cm³/mol. The summed E-state index contributed by atoms with van der Waals surface area (Å²) < 4.78 is 48.6. The topological polar surface area (TPSA) is 93.5 Å². The van der Waals surface area contributed by atoms with Crippen LogP contribution >= 0.6 is 23.2 Å². The van der Waals surface area contributed by atoms with Gasteiger partial charge in [-0.3, -0.25) is 4.79 Å². The number of alkyl halides is 2. The van der Waals surface area contributed by atoms with E-state index in [-0.39, 0.29) is 62.7 Å². The fraction of sp³-hybridized carbons (Fsp3) is 0.200. The standard InChI is InChI=1S/C20H13Cl2F3N4O3/c1-20(24,25)10-5-13(22)17-26-15(8-29(17)7-10)19-28-27-18(32-19)11-6-14(23)9(4-12(11)21)2-3-16(30)31/h4-8H,2-3H2,1H3,(H,30,31). The number of aliphatic carboxylic acids is 1. The normalized spacial score (nSPS) is 11.9. The van der Waals surface area contributed by atoms with E-state index in [4.69, 9.17) is 32.7 Å². The van der Waals surface area contributed by atoms with Crippen molar-refractivity contribution in [1.82, 2.24) is 19.6 Å². The minimum absolute atomic E-state index is 0.0112. The summed E-state index contributed by atoms with van der Waals surface area (Å²) in [4.78, 5) is 14.9. The van der Waals surface area contributed by atoms with Crippen LogP contribution in [0.5, 0.6) is 0 Å². The number of rotatable bonds is 6. The number of imidazole rings is 1. The summed E-state index contributed by atoms with van der Waals surface area (Å²) in [6.07, 6.45) is 2.30. The Kier molecular flexibility index (Phi) is 5.59. The van der Waals surface area contributed by atoms with Crippen molar-refractivity contribution in [3.05, 3.63) is 57.6 Å². The van der Waals surface area contributed by atoms with E-state index in [1.807, 2.05) is 0 Å². The first-order chi connectivity index (χ1) is 15.0. The van der Waals surface area contributed by atoms with Crippen molar-refractivity contribution in [3.8, 4) is 23.0 Å². The van der Waals surface area contributed by atoms with Crippen LogP contribution in [-0.4, -0.2) is 30.7 Å². The van der Waals surface area contributed by atoms with Gasteiger partial charge in [0.25, 0.3) is 11.8 Å². The molecule has 0 saturated carbocycles. The molecule has 166 valence electrons. The molecule has 4 aromatic rings. The Bertz CT molecular complexity index is 1350. The van der Waals surface area contributed by atoms with Gasteiger partial charge in [-0.2, -0.15) is 0 Å². The van der Waals surface area contributed by atoms with Crippen LogP contribution in [0.1, 0.15) is 24.5 Å². The first-order valence-corrected chi connectivity index (χ1v) is 9.89. The molecule has 0 aliphatic carbocycles. The molecule has 12 heteroatoms. The molecule has 32 heavy (non-hydrogen) atoms. The van der Waals surface area contributed by atoms with Gasteiger partial charge in [-0.05, 0) is 30.2 Å². The molecule has 0 unspecified atom stereocenters. The number of aryl methyl sites for hydroxylation is 1. The quantitative estimate of drug-likeness (QED) is 0.381. The zero-order chi connectivity index (χ0) is 23.2. The highest BCUT2D eigenvalue weighted by atomic mass is 35.5. The molecule has 3 aromatic heterocycles. The lowest BCUT2D eigenvalue weighted by molar-refractivity contribution is -0.136. The summed E-state index contributed by atoms with van der Waals surface area (Å²) >= 11 is 12.3. The Labute approximate surface area is 188 Å². The third kappa shape index (κ3) is 4.28. The Hall–Kier alpha value is -3.11. The Morgan fingerprint density at radius 1 is 1.16 bits per heavy atom. The molecule has 0 aliphatic rings. The summed E-state index contributed by atoms with van der Waals surface area (Å²) in [6, 6.07) is 3.50. The number of carboxylic acid groups (broad SMARTS) is 1. The first kappa shape index (κ1) is 22.1. The van der Waals surface area contributed by atoms with Gasteiger partial charge >= 0.3 is 5.97 Å². The van der Waals surface area contributed by atoms with E-state index in [1.54, 1.807) is 0 Å². The van der Waals surface area contributed by atoms with Gasteiger partial charge in [-0.1, -0.05) is 23.2 Å². The number of nitrogens with zero attached hydrogens (tertiary/aromatic N) is 4. The molecule has 0 spiro atoms. The molecule has 0 saturated heterocycles. The molecule has 7 nitrogen and oxygen atoms in total. The first-order valence-electron chi connectivity index (χ1n) is 9.13. The zero-order valence-corrected chi connectivity index (χ0v) is 17.8. The second kappa shape index (κ2) is 8.10. The van der Waals surface area contributed by atoms with Gasteiger partial charge in [0, 0.05) is 31.3 Å². The fourth-order valence-electron chi connectivity index (χ4n) is 3.02. The van der Waals surface area contributed by atoms with Gasteiger partial charge in [0.05, 0.1) is 15.6 Å². The average Bonchev–Trinajstić information content (AvgIpc) is 3.34. The van der Waals surface area contributed by atoms with E-state index in [1.165, 1.54) is 22.9 Å². The lowest BCUT2D eigenvalue weighted by Gasteiger charge is -2.11. The van der Waals surface area contributed by atoms with Gasteiger partial charge in [-0.15, -0.1) is 10.2 Å². The molecular weight excluding hydrogens is 472 g/mol. The van der Waals surface area contributed by atoms with Gasteiger partial charge in [0.1, 0.15) is 11.5 Å². The minimum Gasteiger partial charge on any atom is -0.481 e. The molecule has 0 fully saturated rings. The summed E-state index contributed by atoms with van der Waals surface area (Å²) in [7, 11) is 0. The third-order valence-electron chi connectivity index (χ3n) is 4.63. The Morgan fingerprint density at radius 3 is 2.56 bits per heavy atom. The number of carboxylic acids is 1. The van der Waals surface area contributed by atoms with Gasteiger partial charge < -0.3 is 13.9 Å². The fourth-order valence-corrected chi connectivity index (χ4v) is 3.55. The number of hydrogen-bond acceptors (Lipinski definition) is 5. The van der Waals surface area contributed by atoms with Crippen LogP contribution in [0.3, 0.4) is 0 Å². The lowest BCUT2D eigenvalue weighted by atomic mass is 10.1. The minimum atomic E-state index is -3.10. The van der Waals surface area contributed by atoms with E-state index in [9.17, 15) is 18.0 Å². The van der Waals surface area contributed by atoms with Crippen molar-refractivity contribution in [3.63, 3.8) is 0 Å². The van der Waals surface area contributed by atoms with Crippen LogP contribution < -0.4 is 0 Å². The Balaban J connectivity index is 1.68. The van der Waals surface area contributed by atoms with Crippen LogP contribution in [-0.2, 0) is 17.1 Å². The molecule has 0 amide bonds. The summed E-state index contributed by atoms with van der Waals surface area (Å²) in [5, 5.41) is 16.6. The Morgan fingerprint density at radius 2 is 1.88 bits per heavy atom. The van der Waals surface area contributed by atoms with E-state index in [2.05, 4.69) is 15.2 Å². The van der Waals surface area contributed by atoms with Crippen LogP contribution in [0.15, 0.2) is 35.0 Å². The number of fused-ring (bicyclic) bond motifs is 1. The highest BCUT2D eigenvalue weighted by Crippen LogP contribution is 2.34. The van der Waals surface area contributed by atoms with Crippen molar-refractivity contribution in [2.45, 2.75) is 25.7 Å². The van der Waals surface area contributed by atoms with Crippen molar-refractivity contribution in [2.24, 2.45) is 0 Å². The van der Waals surface area contributed by atoms with Crippen molar-refractivity contribution >= 4 is 34.8 Å². The maximum absolute atomic E-state index is 14.4. The second-order valence-electron chi connectivity index (χ2n) is 7.05. The number of pyridine rings is 1. The van der Waals surface area contributed by atoms with E-state index >= 15 is 0 Å². The predicted octanol–water partition coefficient (Wildman–Crippen LogP) is 5.63. The molecule has 1 N–H and O–H groups in total. The highest BCUT2D eigenvalue weighted by molar-refractivity contribution is 6.33. The maximum atomic E-state index is 14.4. The van der Waals surface area contributed by atoms with Crippen LogP contribution in [0.4, 0.5) is 13.2 Å². The monoisotopic (exact) mass is 484 g/mol. The molecule has 0 atom stereocenters. The van der Waals surface area contributed by atoms with E-state index < -0.39 is 17.7 Å². The van der Waals surface area contributed by atoms with Crippen molar-refractivity contribution < 1.29 is 27.5 Å². The number of aromatic nitrogens is 4. The van der Waals surface area contributed by atoms with Crippen LogP contribution in [0.2, 0.25) is 10.0 Å². The molecular formula is C20H13Cl2F3N4O3. The summed E-state index contributed by atoms with van der Waals surface area (Å²) in [6.45, 7) is 0.752. The van der Waals surface area contributed by atoms with E-state index in [0.29, 0.717) is 0 Å². The SMILES string of the molecule is CC(F)(F)c1cc(Cl)c2nc(-c3nnc(-c4cc(F)c(CCC(=O)O)cc4Cl)o3)cn2c1. The lowest BCUT2D eigenvalue weighted by Crippen LogP contribution is -2.08. The second-order valence-corrected chi connectivity index (χ2v) is 7.87. The molecule has 1 aromatic carbocycles. The number of carbonyl (C=O) groups is 1. The maximum Gasteiger partial charge on any atom is 0.303 e. The third-order valence-corrected chi connectivity index (χ3v) is 5.22. The van der Waals surface area contributed by atoms with Gasteiger partial charge in [-0.25, -0.2) is 18.2 Å². The summed E-state index contributed by atoms with van der Waals surface area (Å²) in [5.41, 5.74) is 0.324. The number of hydrogen-bond donors (Lipinski definition) is 1. The molecule has 0 aliphatic heterocycles. The summed E-state index contributed by atoms with van der Waals surface area (Å²) in [5.74, 6) is -4.99. The molecule has 4 rings (SSSR count). The molecule has 0 radical (unpaired) electrons. The largest absolute Gasteiger partial charge is 0.481 e. The zero-order valence-electron chi connectivity index (χ0n) is 16.2. The molecule has 0 bridgehead atoms. The molecule has 3 heterocycles.